The average Bonchev–Trinajstić information content (AvgIpc) is 2.66. The fraction of sp³-hybridized carbons (Fsp3) is 0.300. The molecule has 28 heavy (non-hydrogen) atoms. The molecule has 2 rings (SSSR count). The number of sulfonamides is 1. The fourth-order valence-corrected chi connectivity index (χ4v) is 3.53. The van der Waals surface area contributed by atoms with E-state index in [1.165, 1.54) is 6.07 Å². The molecule has 0 aliphatic carbocycles. The quantitative estimate of drug-likeness (QED) is 0.658. The molecule has 0 unspecified atom stereocenters. The van der Waals surface area contributed by atoms with E-state index in [9.17, 15) is 18.0 Å². The lowest BCUT2D eigenvalue weighted by atomic mass is 9.97. The Balaban J connectivity index is 2.23. The van der Waals surface area contributed by atoms with Gasteiger partial charge in [-0.2, -0.15) is 0 Å². The van der Waals surface area contributed by atoms with E-state index in [0.29, 0.717) is 23.2 Å². The van der Waals surface area contributed by atoms with Crippen molar-refractivity contribution in [3.8, 4) is 0 Å². The number of amides is 2. The summed E-state index contributed by atoms with van der Waals surface area (Å²) >= 11 is 0. The smallest absolute Gasteiger partial charge is 0.251 e. The first-order chi connectivity index (χ1) is 13.1. The van der Waals surface area contributed by atoms with Crippen LogP contribution in [0.2, 0.25) is 0 Å². The molecule has 0 spiro atoms. The molecule has 0 bridgehead atoms. The molecule has 2 atom stereocenters. The maximum absolute atomic E-state index is 12.8. The normalized spacial score (nSPS) is 13.4. The van der Waals surface area contributed by atoms with Gasteiger partial charge in [0.2, 0.25) is 15.9 Å². The maximum Gasteiger partial charge on any atom is 0.251 e. The largest absolute Gasteiger partial charge is 0.340 e. The molecule has 0 saturated carbocycles. The van der Waals surface area contributed by atoms with Gasteiger partial charge in [0.1, 0.15) is 6.04 Å². The van der Waals surface area contributed by atoms with Gasteiger partial charge in [-0.25, -0.2) is 13.6 Å². The molecule has 0 aliphatic rings. The lowest BCUT2D eigenvalue weighted by Gasteiger charge is -2.24. The summed E-state index contributed by atoms with van der Waals surface area (Å²) in [5.41, 5.74) is 1.23. The summed E-state index contributed by atoms with van der Waals surface area (Å²) in [7, 11) is -3.91. The number of primary sulfonamides is 1. The van der Waals surface area contributed by atoms with Crippen molar-refractivity contribution in [2.75, 3.05) is 5.32 Å². The van der Waals surface area contributed by atoms with E-state index in [-0.39, 0.29) is 16.7 Å². The van der Waals surface area contributed by atoms with E-state index in [2.05, 4.69) is 10.6 Å². The number of nitrogens with two attached hydrogens (primary N) is 1. The Hall–Kier alpha value is -2.71. The highest BCUT2D eigenvalue weighted by Crippen LogP contribution is 2.20. The molecule has 0 fully saturated rings. The standard InChI is InChI=1S/C20H25N3O4S/c1-4-13(2)18(23-19(24)15-8-6-5-7-9-15)20(25)22-16-11-10-14(3)17(12-16)28(21,26)27/h5-13,18H,4H2,1-3H3,(H,22,25)(H,23,24)(H2,21,26,27)/t13-,18+/m0/s1. The zero-order valence-corrected chi connectivity index (χ0v) is 16.9. The topological polar surface area (TPSA) is 118 Å². The first kappa shape index (κ1) is 21.6. The van der Waals surface area contributed by atoms with Crippen LogP contribution < -0.4 is 15.8 Å². The summed E-state index contributed by atoms with van der Waals surface area (Å²) in [6, 6.07) is 12.3. The van der Waals surface area contributed by atoms with E-state index < -0.39 is 22.0 Å². The molecule has 150 valence electrons. The number of carbonyl (C=O) groups excluding carboxylic acids is 2. The summed E-state index contributed by atoms with van der Waals surface area (Å²) in [5.74, 6) is -0.908. The number of anilines is 1. The molecule has 8 heteroatoms. The van der Waals surface area contributed by atoms with Gasteiger partial charge < -0.3 is 10.6 Å². The fourth-order valence-electron chi connectivity index (χ4n) is 2.72. The van der Waals surface area contributed by atoms with Crippen LogP contribution in [-0.4, -0.2) is 26.3 Å². The van der Waals surface area contributed by atoms with Crippen molar-refractivity contribution in [1.29, 1.82) is 0 Å². The number of hydrogen-bond donors (Lipinski definition) is 3. The van der Waals surface area contributed by atoms with Crippen molar-refractivity contribution < 1.29 is 18.0 Å². The van der Waals surface area contributed by atoms with E-state index in [4.69, 9.17) is 5.14 Å². The minimum Gasteiger partial charge on any atom is -0.340 e. The Kier molecular flexibility index (Phi) is 6.93. The SMILES string of the molecule is CC[C@H](C)[C@@H](NC(=O)c1ccccc1)C(=O)Nc1ccc(C)c(S(N)(=O)=O)c1. The Labute approximate surface area is 165 Å². The van der Waals surface area contributed by atoms with Crippen LogP contribution in [0.15, 0.2) is 53.4 Å². The molecule has 4 N–H and O–H groups in total. The van der Waals surface area contributed by atoms with Crippen LogP contribution in [0.5, 0.6) is 0 Å². The summed E-state index contributed by atoms with van der Waals surface area (Å²) in [4.78, 5) is 25.2. The van der Waals surface area contributed by atoms with Crippen LogP contribution in [0.4, 0.5) is 5.69 Å². The van der Waals surface area contributed by atoms with E-state index >= 15 is 0 Å². The van der Waals surface area contributed by atoms with Gasteiger partial charge in [0.05, 0.1) is 4.90 Å². The molecule has 0 heterocycles. The summed E-state index contributed by atoms with van der Waals surface area (Å²) in [6.07, 6.45) is 0.670. The van der Waals surface area contributed by atoms with Crippen molar-refractivity contribution in [3.05, 3.63) is 59.7 Å². The number of aryl methyl sites for hydroxylation is 1. The second kappa shape index (κ2) is 8.99. The summed E-state index contributed by atoms with van der Waals surface area (Å²) in [5, 5.41) is 10.7. The van der Waals surface area contributed by atoms with E-state index in [0.717, 1.165) is 0 Å². The van der Waals surface area contributed by atoms with Crippen LogP contribution >= 0.6 is 0 Å². The van der Waals surface area contributed by atoms with Gasteiger partial charge in [-0.05, 0) is 42.7 Å². The number of benzene rings is 2. The lowest BCUT2D eigenvalue weighted by Crippen LogP contribution is -2.47. The van der Waals surface area contributed by atoms with Crippen LogP contribution in [0.1, 0.15) is 36.2 Å². The molecule has 0 radical (unpaired) electrons. The molecule has 2 amide bonds. The second-order valence-electron chi connectivity index (χ2n) is 6.72. The third-order valence-corrected chi connectivity index (χ3v) is 5.63. The monoisotopic (exact) mass is 403 g/mol. The molecular formula is C20H25N3O4S. The number of carbonyl (C=O) groups is 2. The van der Waals surface area contributed by atoms with Crippen LogP contribution in [-0.2, 0) is 14.8 Å². The Morgan fingerprint density at radius 2 is 1.75 bits per heavy atom. The first-order valence-electron chi connectivity index (χ1n) is 8.93. The highest BCUT2D eigenvalue weighted by Gasteiger charge is 2.26. The third kappa shape index (κ3) is 5.40. The van der Waals surface area contributed by atoms with E-state index in [1.54, 1.807) is 49.4 Å². The molecule has 2 aromatic carbocycles. The molecule has 0 aromatic heterocycles. The summed E-state index contributed by atoms with van der Waals surface area (Å²) < 4.78 is 23.4. The Bertz CT molecular complexity index is 959. The molecule has 0 aliphatic heterocycles. The molecular weight excluding hydrogens is 378 g/mol. The summed E-state index contributed by atoms with van der Waals surface area (Å²) in [6.45, 7) is 5.40. The van der Waals surface area contributed by atoms with Gasteiger partial charge >= 0.3 is 0 Å². The van der Waals surface area contributed by atoms with Crippen LogP contribution in [0.3, 0.4) is 0 Å². The van der Waals surface area contributed by atoms with Crippen molar-refractivity contribution in [1.82, 2.24) is 5.32 Å². The van der Waals surface area contributed by atoms with Gasteiger partial charge in [0, 0.05) is 11.3 Å². The number of nitrogens with one attached hydrogen (secondary N) is 2. The molecule has 7 nitrogen and oxygen atoms in total. The maximum atomic E-state index is 12.8. The second-order valence-corrected chi connectivity index (χ2v) is 8.25. The highest BCUT2D eigenvalue weighted by molar-refractivity contribution is 7.89. The minimum atomic E-state index is -3.91. The van der Waals surface area contributed by atoms with Crippen molar-refractivity contribution in [2.45, 2.75) is 38.1 Å². The minimum absolute atomic E-state index is 0.0567. The molecule has 2 aromatic rings. The van der Waals surface area contributed by atoms with Gasteiger partial charge in [-0.15, -0.1) is 0 Å². The van der Waals surface area contributed by atoms with Gasteiger partial charge in [-0.1, -0.05) is 44.5 Å². The zero-order chi connectivity index (χ0) is 20.9. The predicted molar refractivity (Wildman–Crippen MR) is 108 cm³/mol. The predicted octanol–water partition coefficient (Wildman–Crippen LogP) is 2.43. The van der Waals surface area contributed by atoms with Crippen molar-refractivity contribution in [2.24, 2.45) is 11.1 Å². The lowest BCUT2D eigenvalue weighted by molar-refractivity contribution is -0.119. The Morgan fingerprint density at radius 3 is 2.32 bits per heavy atom. The zero-order valence-electron chi connectivity index (χ0n) is 16.1. The highest BCUT2D eigenvalue weighted by atomic mass is 32.2. The molecule has 0 saturated heterocycles. The number of hydrogen-bond acceptors (Lipinski definition) is 4. The number of rotatable bonds is 7. The van der Waals surface area contributed by atoms with Crippen LogP contribution in [0, 0.1) is 12.8 Å². The third-order valence-electron chi connectivity index (χ3n) is 4.58. The Morgan fingerprint density at radius 1 is 1.11 bits per heavy atom. The van der Waals surface area contributed by atoms with Gasteiger partial charge in [-0.3, -0.25) is 9.59 Å². The van der Waals surface area contributed by atoms with Gasteiger partial charge in [0.25, 0.3) is 5.91 Å². The average molecular weight is 404 g/mol. The van der Waals surface area contributed by atoms with E-state index in [1.807, 2.05) is 13.8 Å². The first-order valence-corrected chi connectivity index (χ1v) is 10.5. The van der Waals surface area contributed by atoms with Crippen molar-refractivity contribution >= 4 is 27.5 Å². The van der Waals surface area contributed by atoms with Gasteiger partial charge in [0.15, 0.2) is 0 Å². The van der Waals surface area contributed by atoms with Crippen molar-refractivity contribution in [3.63, 3.8) is 0 Å². The van der Waals surface area contributed by atoms with Crippen LogP contribution in [0.25, 0.3) is 0 Å².